The van der Waals surface area contributed by atoms with E-state index in [0.29, 0.717) is 22.8 Å². The molecular formula is C20H18FN3O3S. The Hall–Kier alpha value is -3.26. The maximum Gasteiger partial charge on any atom is 0.246 e. The predicted molar refractivity (Wildman–Crippen MR) is 106 cm³/mol. The number of nitrogens with zero attached hydrogens (tertiary/aromatic N) is 2. The summed E-state index contributed by atoms with van der Waals surface area (Å²) in [5, 5.41) is 6.50. The summed E-state index contributed by atoms with van der Waals surface area (Å²) in [6.45, 7) is 0. The number of amides is 1. The monoisotopic (exact) mass is 399 g/mol. The number of hydrogen-bond acceptors (Lipinski definition) is 6. The van der Waals surface area contributed by atoms with Crippen LogP contribution in [-0.4, -0.2) is 31.3 Å². The van der Waals surface area contributed by atoms with E-state index in [2.05, 4.69) is 15.5 Å². The fraction of sp³-hybridized carbons (Fsp3) is 0.150. The second-order valence-electron chi connectivity index (χ2n) is 5.70. The first-order valence-corrected chi connectivity index (χ1v) is 9.22. The quantitative estimate of drug-likeness (QED) is 0.486. The summed E-state index contributed by atoms with van der Waals surface area (Å²) in [5.74, 6) is 0.513. The first-order chi connectivity index (χ1) is 13.6. The zero-order valence-corrected chi connectivity index (χ0v) is 16.1. The molecule has 0 aliphatic rings. The van der Waals surface area contributed by atoms with Gasteiger partial charge in [0.1, 0.15) is 10.8 Å². The van der Waals surface area contributed by atoms with Crippen molar-refractivity contribution in [2.24, 2.45) is 5.10 Å². The van der Waals surface area contributed by atoms with Crippen LogP contribution in [0.5, 0.6) is 11.5 Å². The summed E-state index contributed by atoms with van der Waals surface area (Å²) in [4.78, 5) is 16.5. The van der Waals surface area contributed by atoms with Gasteiger partial charge in [0, 0.05) is 16.5 Å². The third kappa shape index (κ3) is 4.72. The molecule has 6 nitrogen and oxygen atoms in total. The fourth-order valence-corrected chi connectivity index (χ4v) is 3.33. The number of hydrogen-bond donors (Lipinski definition) is 1. The lowest BCUT2D eigenvalue weighted by molar-refractivity contribution is -0.120. The van der Waals surface area contributed by atoms with Crippen LogP contribution in [0.3, 0.4) is 0 Å². The normalized spacial score (nSPS) is 10.8. The molecule has 3 aromatic rings. The number of thiazole rings is 1. The van der Waals surface area contributed by atoms with Crippen LogP contribution in [0.2, 0.25) is 0 Å². The molecule has 0 atom stereocenters. The predicted octanol–water partition coefficient (Wildman–Crippen LogP) is 3.66. The molecule has 0 aliphatic carbocycles. The van der Waals surface area contributed by atoms with E-state index >= 15 is 0 Å². The van der Waals surface area contributed by atoms with E-state index in [1.165, 1.54) is 36.8 Å². The average Bonchev–Trinajstić information content (AvgIpc) is 3.16. The number of rotatable bonds is 7. The molecule has 0 bridgehead atoms. The van der Waals surface area contributed by atoms with E-state index in [9.17, 15) is 9.18 Å². The number of para-hydroxylation sites is 1. The van der Waals surface area contributed by atoms with Gasteiger partial charge in [0.25, 0.3) is 0 Å². The van der Waals surface area contributed by atoms with Crippen molar-refractivity contribution in [2.45, 2.75) is 6.42 Å². The molecule has 1 heterocycles. The SMILES string of the molecule is COc1cccc(/C=N\NC(=O)Cc2csc(-c3ccc(F)cc3)n2)c1OC. The van der Waals surface area contributed by atoms with Crippen LogP contribution in [0.15, 0.2) is 52.9 Å². The van der Waals surface area contributed by atoms with Crippen LogP contribution in [0, 0.1) is 5.82 Å². The van der Waals surface area contributed by atoms with Gasteiger partial charge in [-0.15, -0.1) is 11.3 Å². The minimum absolute atomic E-state index is 0.0876. The highest BCUT2D eigenvalue weighted by Crippen LogP contribution is 2.29. The average molecular weight is 399 g/mol. The van der Waals surface area contributed by atoms with Gasteiger partial charge in [0.15, 0.2) is 11.5 Å². The fourth-order valence-electron chi connectivity index (χ4n) is 2.50. The minimum atomic E-state index is -0.301. The van der Waals surface area contributed by atoms with Gasteiger partial charge in [0.05, 0.1) is 32.5 Å². The van der Waals surface area contributed by atoms with Crippen molar-refractivity contribution >= 4 is 23.5 Å². The van der Waals surface area contributed by atoms with Gasteiger partial charge in [-0.1, -0.05) is 6.07 Å². The Morgan fingerprint density at radius 3 is 2.71 bits per heavy atom. The molecule has 0 saturated carbocycles. The standard InChI is InChI=1S/C20H18FN3O3S/c1-26-17-5-3-4-14(19(17)27-2)11-22-24-18(25)10-16-12-28-20(23-16)13-6-8-15(21)9-7-13/h3-9,11-12H,10H2,1-2H3,(H,24,25)/b22-11-. The number of aromatic nitrogens is 1. The first-order valence-electron chi connectivity index (χ1n) is 8.34. The van der Waals surface area contributed by atoms with Gasteiger partial charge in [-0.25, -0.2) is 14.8 Å². The van der Waals surface area contributed by atoms with Crippen LogP contribution in [0.1, 0.15) is 11.3 Å². The number of halogens is 1. The number of carbonyl (C=O) groups is 1. The molecule has 0 saturated heterocycles. The van der Waals surface area contributed by atoms with E-state index in [0.717, 1.165) is 10.6 Å². The van der Waals surface area contributed by atoms with Gasteiger partial charge in [-0.05, 0) is 36.4 Å². The van der Waals surface area contributed by atoms with Crippen molar-refractivity contribution in [1.82, 2.24) is 10.4 Å². The van der Waals surface area contributed by atoms with Crippen LogP contribution >= 0.6 is 11.3 Å². The second-order valence-corrected chi connectivity index (χ2v) is 6.56. The molecule has 8 heteroatoms. The molecule has 28 heavy (non-hydrogen) atoms. The number of ether oxygens (including phenoxy) is 2. The Bertz CT molecular complexity index is 987. The second kappa shape index (κ2) is 9.09. The van der Waals surface area contributed by atoms with Gasteiger partial charge >= 0.3 is 0 Å². The highest BCUT2D eigenvalue weighted by atomic mass is 32.1. The van der Waals surface area contributed by atoms with Crippen LogP contribution in [-0.2, 0) is 11.2 Å². The van der Waals surface area contributed by atoms with Gasteiger partial charge < -0.3 is 9.47 Å². The number of methoxy groups -OCH3 is 2. The van der Waals surface area contributed by atoms with Gasteiger partial charge in [0.2, 0.25) is 5.91 Å². The van der Waals surface area contributed by atoms with Crippen LogP contribution in [0.25, 0.3) is 10.6 Å². The Morgan fingerprint density at radius 1 is 1.21 bits per heavy atom. The lowest BCUT2D eigenvalue weighted by Gasteiger charge is -2.09. The van der Waals surface area contributed by atoms with Crippen LogP contribution < -0.4 is 14.9 Å². The number of carbonyl (C=O) groups excluding carboxylic acids is 1. The molecular weight excluding hydrogens is 381 g/mol. The van der Waals surface area contributed by atoms with Gasteiger partial charge in [-0.3, -0.25) is 4.79 Å². The third-order valence-electron chi connectivity index (χ3n) is 3.81. The van der Waals surface area contributed by atoms with Crippen molar-refractivity contribution in [3.05, 3.63) is 64.9 Å². The molecule has 3 rings (SSSR count). The number of hydrazone groups is 1. The number of benzene rings is 2. The topological polar surface area (TPSA) is 72.8 Å². The van der Waals surface area contributed by atoms with Crippen molar-refractivity contribution in [3.8, 4) is 22.1 Å². The smallest absolute Gasteiger partial charge is 0.246 e. The van der Waals surface area contributed by atoms with E-state index in [-0.39, 0.29) is 18.1 Å². The Kier molecular flexibility index (Phi) is 6.33. The molecule has 0 spiro atoms. The molecule has 0 radical (unpaired) electrons. The third-order valence-corrected chi connectivity index (χ3v) is 4.75. The molecule has 1 N–H and O–H groups in total. The largest absolute Gasteiger partial charge is 0.493 e. The number of nitrogens with one attached hydrogen (secondary N) is 1. The first kappa shape index (κ1) is 19.5. The molecule has 1 amide bonds. The summed E-state index contributed by atoms with van der Waals surface area (Å²) in [5.41, 5.74) is 4.58. The molecule has 0 aliphatic heterocycles. The summed E-state index contributed by atoms with van der Waals surface area (Å²) < 4.78 is 23.6. The Morgan fingerprint density at radius 2 is 2.00 bits per heavy atom. The molecule has 1 aromatic heterocycles. The van der Waals surface area contributed by atoms with Crippen molar-refractivity contribution < 1.29 is 18.7 Å². The lowest BCUT2D eigenvalue weighted by Crippen LogP contribution is -2.20. The molecule has 2 aromatic carbocycles. The maximum absolute atomic E-state index is 13.0. The Labute approximate surface area is 165 Å². The van der Waals surface area contributed by atoms with Crippen LogP contribution in [0.4, 0.5) is 4.39 Å². The summed E-state index contributed by atoms with van der Waals surface area (Å²) >= 11 is 1.40. The highest BCUT2D eigenvalue weighted by Gasteiger charge is 2.10. The van der Waals surface area contributed by atoms with E-state index in [4.69, 9.17) is 9.47 Å². The van der Waals surface area contributed by atoms with Crippen molar-refractivity contribution in [2.75, 3.05) is 14.2 Å². The molecule has 144 valence electrons. The molecule has 0 fully saturated rings. The highest BCUT2D eigenvalue weighted by molar-refractivity contribution is 7.13. The zero-order valence-electron chi connectivity index (χ0n) is 15.3. The minimum Gasteiger partial charge on any atom is -0.493 e. The molecule has 0 unspecified atom stereocenters. The van der Waals surface area contributed by atoms with E-state index < -0.39 is 0 Å². The summed E-state index contributed by atoms with van der Waals surface area (Å²) in [7, 11) is 3.09. The summed E-state index contributed by atoms with van der Waals surface area (Å²) in [6, 6.07) is 11.4. The lowest BCUT2D eigenvalue weighted by atomic mass is 10.2. The van der Waals surface area contributed by atoms with E-state index in [1.54, 1.807) is 42.8 Å². The van der Waals surface area contributed by atoms with Crippen molar-refractivity contribution in [1.29, 1.82) is 0 Å². The van der Waals surface area contributed by atoms with Gasteiger partial charge in [-0.2, -0.15) is 5.10 Å². The van der Waals surface area contributed by atoms with Crippen molar-refractivity contribution in [3.63, 3.8) is 0 Å². The maximum atomic E-state index is 13.0. The Balaban J connectivity index is 1.61. The zero-order chi connectivity index (χ0) is 19.9. The summed E-state index contributed by atoms with van der Waals surface area (Å²) in [6.07, 6.45) is 1.58. The van der Waals surface area contributed by atoms with E-state index in [1.807, 2.05) is 0 Å².